The summed E-state index contributed by atoms with van der Waals surface area (Å²) >= 11 is 0. The van der Waals surface area contributed by atoms with Crippen molar-refractivity contribution in [3.63, 3.8) is 0 Å². The molecule has 1 amide bonds. The van der Waals surface area contributed by atoms with E-state index in [0.29, 0.717) is 29.9 Å². The first-order valence-corrected chi connectivity index (χ1v) is 10.0. The zero-order valence-corrected chi connectivity index (χ0v) is 17.2. The monoisotopic (exact) mass is 404 g/mol. The Bertz CT molecular complexity index is 766. The van der Waals surface area contributed by atoms with Crippen LogP contribution in [0.5, 0.6) is 5.75 Å². The lowest BCUT2D eigenvalue weighted by Crippen LogP contribution is -2.33. The fourth-order valence-corrected chi connectivity index (χ4v) is 4.11. The summed E-state index contributed by atoms with van der Waals surface area (Å²) in [6.45, 7) is 6.40. The van der Waals surface area contributed by atoms with Gasteiger partial charge in [-0.25, -0.2) is 4.68 Å². The predicted molar refractivity (Wildman–Crippen MR) is 112 cm³/mol. The normalized spacial score (nSPS) is 21.5. The average Bonchev–Trinajstić information content (AvgIpc) is 3.29. The quantitative estimate of drug-likeness (QED) is 0.831. The molecule has 28 heavy (non-hydrogen) atoms. The summed E-state index contributed by atoms with van der Waals surface area (Å²) in [7, 11) is 0. The highest BCUT2D eigenvalue weighted by Gasteiger charge is 2.33. The standard InChI is InChI=1S/C21H28N4O2.ClH/c1-2-12-27-19-15-25(18-6-4-3-5-7-18)23-20(19)21(26)24-10-8-16-13-22-14-17(16)9-11-24;/h3-7,15-17,22H,2,8-14H2,1H3;1H/t16-,17+;. The minimum atomic E-state index is -0.0104. The maximum atomic E-state index is 13.3. The van der Waals surface area contributed by atoms with Gasteiger partial charge in [0.25, 0.3) is 5.91 Å². The van der Waals surface area contributed by atoms with E-state index in [0.717, 1.165) is 51.1 Å². The van der Waals surface area contributed by atoms with Crippen LogP contribution in [0.25, 0.3) is 5.69 Å². The molecule has 0 bridgehead atoms. The van der Waals surface area contributed by atoms with Crippen LogP contribution in [0.1, 0.15) is 36.7 Å². The van der Waals surface area contributed by atoms with Gasteiger partial charge in [-0.2, -0.15) is 5.10 Å². The topological polar surface area (TPSA) is 59.4 Å². The first-order chi connectivity index (χ1) is 13.3. The predicted octanol–water partition coefficient (Wildman–Crippen LogP) is 3.15. The van der Waals surface area contributed by atoms with E-state index >= 15 is 0 Å². The van der Waals surface area contributed by atoms with Gasteiger partial charge in [0.1, 0.15) is 0 Å². The number of carbonyl (C=O) groups is 1. The molecule has 6 nitrogen and oxygen atoms in total. The van der Waals surface area contributed by atoms with Crippen molar-refractivity contribution < 1.29 is 9.53 Å². The van der Waals surface area contributed by atoms with Crippen LogP contribution in [0.3, 0.4) is 0 Å². The van der Waals surface area contributed by atoms with Crippen molar-refractivity contribution >= 4 is 18.3 Å². The number of fused-ring (bicyclic) bond motifs is 1. The Hall–Kier alpha value is -2.05. The number of carbonyl (C=O) groups excluding carboxylic acids is 1. The van der Waals surface area contributed by atoms with Gasteiger partial charge in [-0.15, -0.1) is 12.4 Å². The molecule has 2 saturated heterocycles. The van der Waals surface area contributed by atoms with Gasteiger partial charge in [-0.05, 0) is 56.3 Å². The van der Waals surface area contributed by atoms with E-state index in [2.05, 4.69) is 17.3 Å². The largest absolute Gasteiger partial charge is 0.489 e. The van der Waals surface area contributed by atoms with Gasteiger partial charge in [0.05, 0.1) is 18.5 Å². The van der Waals surface area contributed by atoms with E-state index in [1.165, 1.54) is 0 Å². The molecule has 2 aliphatic heterocycles. The van der Waals surface area contributed by atoms with Crippen molar-refractivity contribution in [3.8, 4) is 11.4 Å². The first kappa shape index (κ1) is 20.7. The van der Waals surface area contributed by atoms with Crippen LogP contribution in [0.2, 0.25) is 0 Å². The third kappa shape index (κ3) is 4.33. The Morgan fingerprint density at radius 2 is 1.86 bits per heavy atom. The molecular weight excluding hydrogens is 376 g/mol. The first-order valence-electron chi connectivity index (χ1n) is 10.0. The van der Waals surface area contributed by atoms with Crippen molar-refractivity contribution in [3.05, 3.63) is 42.2 Å². The van der Waals surface area contributed by atoms with E-state index in [9.17, 15) is 4.79 Å². The number of benzene rings is 1. The van der Waals surface area contributed by atoms with Crippen LogP contribution in [-0.2, 0) is 0 Å². The molecule has 0 saturated carbocycles. The Morgan fingerprint density at radius 3 is 2.50 bits per heavy atom. The smallest absolute Gasteiger partial charge is 0.278 e. The summed E-state index contributed by atoms with van der Waals surface area (Å²) in [6, 6.07) is 9.85. The summed E-state index contributed by atoms with van der Waals surface area (Å²) in [6.07, 6.45) is 4.85. The Kier molecular flexibility index (Phi) is 6.97. The van der Waals surface area contributed by atoms with Crippen molar-refractivity contribution in [2.75, 3.05) is 32.8 Å². The lowest BCUT2D eigenvalue weighted by molar-refractivity contribution is 0.0747. The molecule has 152 valence electrons. The highest BCUT2D eigenvalue weighted by molar-refractivity contribution is 5.95. The molecule has 2 aromatic rings. The molecule has 0 spiro atoms. The van der Waals surface area contributed by atoms with E-state index in [1.54, 1.807) is 4.68 Å². The van der Waals surface area contributed by atoms with Gasteiger partial charge >= 0.3 is 0 Å². The summed E-state index contributed by atoms with van der Waals surface area (Å²) in [4.78, 5) is 15.2. The fourth-order valence-electron chi connectivity index (χ4n) is 4.11. The van der Waals surface area contributed by atoms with Gasteiger partial charge < -0.3 is 15.0 Å². The molecule has 2 aliphatic rings. The molecule has 2 atom stereocenters. The van der Waals surface area contributed by atoms with Crippen LogP contribution >= 0.6 is 12.4 Å². The lowest BCUT2D eigenvalue weighted by Gasteiger charge is -2.20. The van der Waals surface area contributed by atoms with Crippen molar-refractivity contribution in [2.45, 2.75) is 26.2 Å². The van der Waals surface area contributed by atoms with Gasteiger partial charge in [-0.3, -0.25) is 4.79 Å². The number of nitrogens with one attached hydrogen (secondary N) is 1. The Labute approximate surface area is 172 Å². The zero-order valence-electron chi connectivity index (χ0n) is 16.3. The molecule has 1 N–H and O–H groups in total. The summed E-state index contributed by atoms with van der Waals surface area (Å²) in [5.41, 5.74) is 1.35. The molecule has 4 rings (SSSR count). The van der Waals surface area contributed by atoms with Gasteiger partial charge in [0.2, 0.25) is 0 Å². The number of para-hydroxylation sites is 1. The van der Waals surface area contributed by atoms with Crippen LogP contribution in [-0.4, -0.2) is 53.4 Å². The van der Waals surface area contributed by atoms with Crippen molar-refractivity contribution in [1.29, 1.82) is 0 Å². The highest BCUT2D eigenvalue weighted by atomic mass is 35.5. The molecule has 7 heteroatoms. The van der Waals surface area contributed by atoms with Crippen LogP contribution in [0.15, 0.2) is 36.5 Å². The second-order valence-electron chi connectivity index (χ2n) is 7.52. The van der Waals surface area contributed by atoms with E-state index in [-0.39, 0.29) is 18.3 Å². The van der Waals surface area contributed by atoms with Crippen molar-refractivity contribution in [2.24, 2.45) is 11.8 Å². The molecule has 0 radical (unpaired) electrons. The summed E-state index contributed by atoms with van der Waals surface area (Å²) in [5.74, 6) is 1.96. The number of hydrogen-bond donors (Lipinski definition) is 1. The molecule has 0 unspecified atom stereocenters. The third-order valence-electron chi connectivity index (χ3n) is 5.67. The van der Waals surface area contributed by atoms with Gasteiger partial charge in [0.15, 0.2) is 11.4 Å². The lowest BCUT2D eigenvalue weighted by atomic mass is 9.92. The number of aromatic nitrogens is 2. The molecule has 0 aliphatic carbocycles. The maximum Gasteiger partial charge on any atom is 0.278 e. The average molecular weight is 405 g/mol. The minimum absolute atomic E-state index is 0. The van der Waals surface area contributed by atoms with Crippen LogP contribution in [0.4, 0.5) is 0 Å². The fraction of sp³-hybridized carbons (Fsp3) is 0.524. The van der Waals surface area contributed by atoms with Gasteiger partial charge in [-0.1, -0.05) is 25.1 Å². The number of ether oxygens (including phenoxy) is 1. The number of nitrogens with zero attached hydrogens (tertiary/aromatic N) is 3. The second-order valence-corrected chi connectivity index (χ2v) is 7.52. The second kappa shape index (κ2) is 9.43. The molecule has 3 heterocycles. The third-order valence-corrected chi connectivity index (χ3v) is 5.67. The van der Waals surface area contributed by atoms with Crippen LogP contribution in [0, 0.1) is 11.8 Å². The summed E-state index contributed by atoms with van der Waals surface area (Å²) in [5, 5.41) is 8.08. The maximum absolute atomic E-state index is 13.3. The number of amides is 1. The highest BCUT2D eigenvalue weighted by Crippen LogP contribution is 2.29. The number of halogens is 1. The van der Waals surface area contributed by atoms with Crippen molar-refractivity contribution in [1.82, 2.24) is 20.0 Å². The van der Waals surface area contributed by atoms with E-state index in [4.69, 9.17) is 4.74 Å². The summed E-state index contributed by atoms with van der Waals surface area (Å²) < 4.78 is 7.61. The van der Waals surface area contributed by atoms with Gasteiger partial charge in [0, 0.05) is 13.1 Å². The van der Waals surface area contributed by atoms with E-state index < -0.39 is 0 Å². The SMILES string of the molecule is CCCOc1cn(-c2ccccc2)nc1C(=O)N1CC[C@@H]2CNC[C@@H]2CC1.Cl. The van der Waals surface area contributed by atoms with Crippen LogP contribution < -0.4 is 10.1 Å². The molecule has 1 aromatic heterocycles. The number of rotatable bonds is 5. The molecule has 2 fully saturated rings. The molecular formula is C21H29ClN4O2. The Balaban J connectivity index is 0.00000225. The van der Waals surface area contributed by atoms with E-state index in [1.807, 2.05) is 41.4 Å². The zero-order chi connectivity index (χ0) is 18.6. The Morgan fingerprint density at radius 1 is 1.18 bits per heavy atom. The number of hydrogen-bond acceptors (Lipinski definition) is 4. The minimum Gasteiger partial charge on any atom is -0.489 e. The molecule has 1 aromatic carbocycles. The number of likely N-dealkylation sites (tertiary alicyclic amines) is 1.